The number of hydrogen-bond donors (Lipinski definition) is 2. The summed E-state index contributed by atoms with van der Waals surface area (Å²) < 4.78 is 14.2. The van der Waals surface area contributed by atoms with E-state index >= 15 is 0 Å². The average Bonchev–Trinajstić information content (AvgIpc) is 2.90. The van der Waals surface area contributed by atoms with Gasteiger partial charge in [-0.15, -0.1) is 0 Å². The fourth-order valence-corrected chi connectivity index (χ4v) is 2.91. The van der Waals surface area contributed by atoms with Crippen LogP contribution < -0.4 is 10.9 Å². The second-order valence-corrected chi connectivity index (χ2v) is 5.57. The molecule has 3 rings (SSSR count). The van der Waals surface area contributed by atoms with Crippen molar-refractivity contribution in [1.82, 2.24) is 14.5 Å². The summed E-state index contributed by atoms with van der Waals surface area (Å²) in [6.07, 6.45) is 3.28. The first kappa shape index (κ1) is 15.1. The molecule has 0 bridgehead atoms. The molecule has 1 aliphatic carbocycles. The molecule has 7 nitrogen and oxygen atoms in total. The van der Waals surface area contributed by atoms with E-state index in [1.807, 2.05) is 6.92 Å². The van der Waals surface area contributed by atoms with E-state index in [0.717, 1.165) is 24.5 Å². The molecular weight excluding hydrogens is 303 g/mol. The summed E-state index contributed by atoms with van der Waals surface area (Å²) in [5.74, 6) is -1.85. The van der Waals surface area contributed by atoms with E-state index in [0.29, 0.717) is 12.0 Å². The largest absolute Gasteiger partial charge is 0.507 e. The third kappa shape index (κ3) is 2.45. The number of fused-ring (bicyclic) bond motifs is 1. The first-order valence-electron chi connectivity index (χ1n) is 7.13. The Morgan fingerprint density at radius 2 is 2.09 bits per heavy atom. The summed E-state index contributed by atoms with van der Waals surface area (Å²) in [5, 5.41) is 12.7. The number of amides is 1. The highest BCUT2D eigenvalue weighted by Gasteiger charge is 2.31. The Balaban J connectivity index is 2.04. The van der Waals surface area contributed by atoms with Crippen LogP contribution in [0.25, 0.3) is 0 Å². The summed E-state index contributed by atoms with van der Waals surface area (Å²) in [4.78, 5) is 31.9. The van der Waals surface area contributed by atoms with Crippen LogP contribution in [0.5, 0.6) is 5.75 Å². The zero-order valence-corrected chi connectivity index (χ0v) is 12.6. The van der Waals surface area contributed by atoms with Gasteiger partial charge < -0.3 is 9.67 Å². The van der Waals surface area contributed by atoms with Crippen LogP contribution in [0.2, 0.25) is 0 Å². The number of nitrogens with zero attached hydrogens (tertiary/aromatic N) is 3. The average molecular weight is 318 g/mol. The maximum absolute atomic E-state index is 12.8. The molecule has 1 aliphatic rings. The Labute approximate surface area is 130 Å². The zero-order chi connectivity index (χ0) is 16.7. The van der Waals surface area contributed by atoms with E-state index in [1.165, 1.54) is 4.57 Å². The van der Waals surface area contributed by atoms with Crippen LogP contribution in [-0.4, -0.2) is 25.5 Å². The van der Waals surface area contributed by atoms with Crippen molar-refractivity contribution in [1.29, 1.82) is 0 Å². The number of rotatable bonds is 2. The van der Waals surface area contributed by atoms with E-state index in [4.69, 9.17) is 0 Å². The summed E-state index contributed by atoms with van der Waals surface area (Å²) in [7, 11) is 1.57. The van der Waals surface area contributed by atoms with Crippen LogP contribution in [-0.2, 0) is 13.5 Å². The monoisotopic (exact) mass is 318 g/mol. The van der Waals surface area contributed by atoms with Gasteiger partial charge in [-0.1, -0.05) is 6.92 Å². The molecule has 8 heteroatoms. The molecule has 120 valence electrons. The topological polar surface area (TPSA) is 97.1 Å². The summed E-state index contributed by atoms with van der Waals surface area (Å²) >= 11 is 0. The quantitative estimate of drug-likeness (QED) is 0.870. The number of halogens is 1. The van der Waals surface area contributed by atoms with Gasteiger partial charge in [-0.05, 0) is 18.8 Å². The van der Waals surface area contributed by atoms with Gasteiger partial charge in [-0.3, -0.25) is 14.9 Å². The number of carbonyl (C=O) groups excluding carboxylic acids is 1. The van der Waals surface area contributed by atoms with Gasteiger partial charge in [-0.25, -0.2) is 14.4 Å². The maximum Gasteiger partial charge on any atom is 0.267 e. The van der Waals surface area contributed by atoms with Crippen LogP contribution in [0, 0.1) is 5.82 Å². The van der Waals surface area contributed by atoms with Gasteiger partial charge in [0, 0.05) is 18.3 Å². The lowest BCUT2D eigenvalue weighted by Gasteiger charge is -2.14. The number of nitrogens with one attached hydrogen (secondary N) is 1. The molecule has 1 atom stereocenters. The van der Waals surface area contributed by atoms with Crippen molar-refractivity contribution < 1.29 is 14.3 Å². The van der Waals surface area contributed by atoms with Crippen molar-refractivity contribution in [2.75, 3.05) is 5.32 Å². The molecule has 2 heterocycles. The summed E-state index contributed by atoms with van der Waals surface area (Å²) in [5.41, 5.74) is 0.426. The number of aromatic hydroxyl groups is 1. The third-order valence-corrected chi connectivity index (χ3v) is 4.11. The zero-order valence-electron chi connectivity index (χ0n) is 12.6. The molecule has 0 saturated carbocycles. The van der Waals surface area contributed by atoms with Gasteiger partial charge in [0.25, 0.3) is 11.5 Å². The van der Waals surface area contributed by atoms with E-state index in [-0.39, 0.29) is 23.2 Å². The van der Waals surface area contributed by atoms with Crippen LogP contribution >= 0.6 is 0 Å². The minimum atomic E-state index is -0.823. The highest BCUT2D eigenvalue weighted by molar-refractivity contribution is 6.05. The van der Waals surface area contributed by atoms with Crippen molar-refractivity contribution in [3.05, 3.63) is 45.4 Å². The van der Waals surface area contributed by atoms with Crippen molar-refractivity contribution in [2.45, 2.75) is 25.7 Å². The van der Waals surface area contributed by atoms with Gasteiger partial charge in [0.1, 0.15) is 11.3 Å². The Morgan fingerprint density at radius 1 is 1.43 bits per heavy atom. The van der Waals surface area contributed by atoms with Crippen molar-refractivity contribution >= 4 is 11.9 Å². The second kappa shape index (κ2) is 5.45. The lowest BCUT2D eigenvalue weighted by molar-refractivity contribution is 0.102. The van der Waals surface area contributed by atoms with E-state index in [9.17, 15) is 19.1 Å². The predicted molar refractivity (Wildman–Crippen MR) is 80.0 cm³/mol. The molecule has 0 radical (unpaired) electrons. The normalized spacial score (nSPS) is 16.2. The number of hydrogen-bond acceptors (Lipinski definition) is 5. The Hall–Kier alpha value is -2.77. The molecule has 2 aromatic heterocycles. The lowest BCUT2D eigenvalue weighted by atomic mass is 10.0. The molecule has 1 unspecified atom stereocenters. The molecule has 23 heavy (non-hydrogen) atoms. The molecular formula is C15H15FN4O3. The predicted octanol–water partition coefficient (Wildman–Crippen LogP) is 1.32. The van der Waals surface area contributed by atoms with Crippen molar-refractivity contribution in [3.63, 3.8) is 0 Å². The molecule has 0 fully saturated rings. The fraction of sp³-hybridized carbons (Fsp3) is 0.333. The Morgan fingerprint density at radius 3 is 2.74 bits per heavy atom. The van der Waals surface area contributed by atoms with Crippen LogP contribution in [0.4, 0.5) is 10.3 Å². The van der Waals surface area contributed by atoms with Crippen LogP contribution in [0.1, 0.15) is 40.9 Å². The number of anilines is 1. The van der Waals surface area contributed by atoms with Gasteiger partial charge in [0.15, 0.2) is 5.82 Å². The Bertz CT molecular complexity index is 845. The Kier molecular flexibility index (Phi) is 3.59. The molecule has 0 spiro atoms. The molecule has 2 N–H and O–H groups in total. The number of pyridine rings is 1. The standard InChI is InChI=1S/C15H15FN4O3/c1-7-3-4-9-10(7)12(21)11(14(23)20(9)2)13(22)19-15-17-5-8(16)6-18-15/h5-7,21H,3-4H2,1-2H3,(H,17,18,19,22). The first-order chi connectivity index (χ1) is 10.9. The summed E-state index contributed by atoms with van der Waals surface area (Å²) in [6.45, 7) is 1.93. The molecule has 0 saturated heterocycles. The number of aromatic nitrogens is 3. The maximum atomic E-state index is 12.8. The minimum Gasteiger partial charge on any atom is -0.507 e. The summed E-state index contributed by atoms with van der Waals surface area (Å²) in [6, 6.07) is 0. The molecule has 1 amide bonds. The van der Waals surface area contributed by atoms with E-state index in [1.54, 1.807) is 7.05 Å². The van der Waals surface area contributed by atoms with E-state index in [2.05, 4.69) is 15.3 Å². The highest BCUT2D eigenvalue weighted by Crippen LogP contribution is 2.38. The third-order valence-electron chi connectivity index (χ3n) is 4.11. The van der Waals surface area contributed by atoms with Gasteiger partial charge in [-0.2, -0.15) is 0 Å². The minimum absolute atomic E-state index is 0.0606. The van der Waals surface area contributed by atoms with Gasteiger partial charge in [0.05, 0.1) is 12.4 Å². The van der Waals surface area contributed by atoms with Gasteiger partial charge >= 0.3 is 0 Å². The lowest BCUT2D eigenvalue weighted by Crippen LogP contribution is -2.30. The van der Waals surface area contributed by atoms with Crippen molar-refractivity contribution in [3.8, 4) is 5.75 Å². The van der Waals surface area contributed by atoms with E-state index < -0.39 is 17.3 Å². The highest BCUT2D eigenvalue weighted by atomic mass is 19.1. The second-order valence-electron chi connectivity index (χ2n) is 5.57. The van der Waals surface area contributed by atoms with Gasteiger partial charge in [0.2, 0.25) is 5.95 Å². The SMILES string of the molecule is CC1CCc2c1c(O)c(C(=O)Nc1ncc(F)cn1)c(=O)n2C. The van der Waals surface area contributed by atoms with Crippen LogP contribution in [0.3, 0.4) is 0 Å². The first-order valence-corrected chi connectivity index (χ1v) is 7.13. The molecule has 2 aromatic rings. The fourth-order valence-electron chi connectivity index (χ4n) is 2.91. The van der Waals surface area contributed by atoms with Crippen LogP contribution in [0.15, 0.2) is 17.2 Å². The molecule has 0 aromatic carbocycles. The molecule has 0 aliphatic heterocycles. The number of carbonyl (C=O) groups is 1. The van der Waals surface area contributed by atoms with Crippen molar-refractivity contribution in [2.24, 2.45) is 7.05 Å². The smallest absolute Gasteiger partial charge is 0.267 e.